The average Bonchev–Trinajstić information content (AvgIpc) is 2.20. The van der Waals surface area contributed by atoms with Crippen LogP contribution in [0, 0.1) is 6.92 Å². The van der Waals surface area contributed by atoms with E-state index in [4.69, 9.17) is 10.5 Å². The highest BCUT2D eigenvalue weighted by Crippen LogP contribution is 2.22. The van der Waals surface area contributed by atoms with E-state index in [-0.39, 0.29) is 5.75 Å². The molecule has 0 aliphatic heterocycles. The third-order valence-corrected chi connectivity index (χ3v) is 2.71. The molecule has 0 fully saturated rings. The van der Waals surface area contributed by atoms with Crippen molar-refractivity contribution in [2.75, 3.05) is 0 Å². The summed E-state index contributed by atoms with van der Waals surface area (Å²) in [5.74, 6) is -0.238. The van der Waals surface area contributed by atoms with Gasteiger partial charge in [-0.2, -0.15) is 0 Å². The van der Waals surface area contributed by atoms with Crippen molar-refractivity contribution >= 4 is 5.97 Å². The summed E-state index contributed by atoms with van der Waals surface area (Å²) >= 11 is 0. The van der Waals surface area contributed by atoms with Crippen LogP contribution < -0.4 is 5.73 Å². The first kappa shape index (κ1) is 15.5. The minimum absolute atomic E-state index is 0.206. The van der Waals surface area contributed by atoms with Crippen molar-refractivity contribution in [2.45, 2.75) is 52.2 Å². The Balaban J connectivity index is 2.83. The Morgan fingerprint density at radius 3 is 2.37 bits per heavy atom. The van der Waals surface area contributed by atoms with Crippen molar-refractivity contribution < 1.29 is 14.6 Å². The second kappa shape index (κ2) is 5.21. The Morgan fingerprint density at radius 1 is 1.32 bits per heavy atom. The minimum Gasteiger partial charge on any atom is -0.508 e. The summed E-state index contributed by atoms with van der Waals surface area (Å²) in [6.45, 7) is 8.86. The van der Waals surface area contributed by atoms with Crippen LogP contribution in [0.15, 0.2) is 18.2 Å². The number of phenolic OH excluding ortho intramolecular Hbond substituents is 1. The zero-order chi connectivity index (χ0) is 14.8. The second-order valence-corrected chi connectivity index (χ2v) is 6.22. The van der Waals surface area contributed by atoms with Crippen molar-refractivity contribution in [2.24, 2.45) is 5.73 Å². The number of benzene rings is 1. The molecule has 0 radical (unpaired) electrons. The fourth-order valence-electron chi connectivity index (χ4n) is 1.66. The lowest BCUT2D eigenvalue weighted by atomic mass is 9.93. The Morgan fingerprint density at radius 2 is 1.89 bits per heavy atom. The second-order valence-electron chi connectivity index (χ2n) is 6.22. The van der Waals surface area contributed by atoms with Crippen LogP contribution in [0.4, 0.5) is 0 Å². The number of hydrogen-bond acceptors (Lipinski definition) is 4. The Bertz CT molecular complexity index is 473. The van der Waals surface area contributed by atoms with Crippen LogP contribution in [-0.4, -0.2) is 22.2 Å². The van der Waals surface area contributed by atoms with Gasteiger partial charge in [-0.25, -0.2) is 0 Å². The number of ether oxygens (including phenoxy) is 1. The van der Waals surface area contributed by atoms with Crippen LogP contribution in [0.1, 0.15) is 38.8 Å². The van der Waals surface area contributed by atoms with E-state index in [0.717, 1.165) is 11.1 Å². The van der Waals surface area contributed by atoms with Crippen molar-refractivity contribution in [1.82, 2.24) is 0 Å². The van der Waals surface area contributed by atoms with Crippen molar-refractivity contribution in [3.8, 4) is 5.75 Å². The number of carbonyl (C=O) groups is 1. The predicted molar refractivity (Wildman–Crippen MR) is 75.0 cm³/mol. The van der Waals surface area contributed by atoms with E-state index in [2.05, 4.69) is 0 Å². The molecule has 0 saturated heterocycles. The Labute approximate surface area is 114 Å². The van der Waals surface area contributed by atoms with Crippen LogP contribution in [-0.2, 0) is 16.0 Å². The summed E-state index contributed by atoms with van der Waals surface area (Å²) in [6.07, 6.45) is 0.315. The maximum atomic E-state index is 12.0. The van der Waals surface area contributed by atoms with E-state index in [0.29, 0.717) is 6.42 Å². The molecule has 4 heteroatoms. The molecule has 106 valence electrons. The topological polar surface area (TPSA) is 72.6 Å². The fourth-order valence-corrected chi connectivity index (χ4v) is 1.66. The number of aryl methyl sites for hydroxylation is 1. The number of esters is 1. The van der Waals surface area contributed by atoms with Gasteiger partial charge in [0.15, 0.2) is 0 Å². The van der Waals surface area contributed by atoms with E-state index >= 15 is 0 Å². The molecule has 3 N–H and O–H groups in total. The first-order valence-electron chi connectivity index (χ1n) is 6.32. The normalized spacial score (nSPS) is 14.8. The lowest BCUT2D eigenvalue weighted by Gasteiger charge is -2.28. The first-order chi connectivity index (χ1) is 8.51. The van der Waals surface area contributed by atoms with Gasteiger partial charge in [-0.05, 0) is 51.8 Å². The fraction of sp³-hybridized carbons (Fsp3) is 0.533. The van der Waals surface area contributed by atoms with Gasteiger partial charge in [-0.1, -0.05) is 12.1 Å². The summed E-state index contributed by atoms with van der Waals surface area (Å²) in [6, 6.07) is 5.28. The molecule has 0 heterocycles. The van der Waals surface area contributed by atoms with E-state index < -0.39 is 17.1 Å². The van der Waals surface area contributed by atoms with E-state index in [1.54, 1.807) is 39.8 Å². The quantitative estimate of drug-likeness (QED) is 0.823. The Hall–Kier alpha value is -1.55. The standard InChI is InChI=1S/C15H23NO3/c1-10-6-7-11(8-12(10)17)9-15(5,16)13(18)19-14(2,3)4/h6-8,17H,9,16H2,1-5H3. The molecule has 1 aromatic rings. The van der Waals surface area contributed by atoms with Gasteiger partial charge in [0.25, 0.3) is 0 Å². The van der Waals surface area contributed by atoms with Crippen LogP contribution in [0.5, 0.6) is 5.75 Å². The average molecular weight is 265 g/mol. The molecule has 0 aliphatic carbocycles. The maximum Gasteiger partial charge on any atom is 0.326 e. The molecule has 0 aromatic heterocycles. The molecule has 1 atom stereocenters. The zero-order valence-corrected chi connectivity index (χ0v) is 12.3. The molecule has 1 unspecified atom stereocenters. The molecule has 0 amide bonds. The maximum absolute atomic E-state index is 12.0. The molecule has 1 aromatic carbocycles. The zero-order valence-electron chi connectivity index (χ0n) is 12.3. The lowest BCUT2D eigenvalue weighted by molar-refractivity contribution is -0.160. The highest BCUT2D eigenvalue weighted by molar-refractivity contribution is 5.80. The number of hydrogen-bond donors (Lipinski definition) is 2. The SMILES string of the molecule is Cc1ccc(CC(C)(N)C(=O)OC(C)(C)C)cc1O. The lowest BCUT2D eigenvalue weighted by Crippen LogP contribution is -2.50. The minimum atomic E-state index is -1.12. The highest BCUT2D eigenvalue weighted by Gasteiger charge is 2.33. The van der Waals surface area contributed by atoms with Gasteiger partial charge < -0.3 is 15.6 Å². The molecule has 0 saturated carbocycles. The molecule has 19 heavy (non-hydrogen) atoms. The van der Waals surface area contributed by atoms with Crippen LogP contribution in [0.2, 0.25) is 0 Å². The Kier molecular flexibility index (Phi) is 4.25. The smallest absolute Gasteiger partial charge is 0.326 e. The van der Waals surface area contributed by atoms with Gasteiger partial charge in [0.1, 0.15) is 16.9 Å². The van der Waals surface area contributed by atoms with Crippen molar-refractivity contribution in [3.63, 3.8) is 0 Å². The third-order valence-electron chi connectivity index (χ3n) is 2.71. The third kappa shape index (κ3) is 4.56. The van der Waals surface area contributed by atoms with Crippen molar-refractivity contribution in [3.05, 3.63) is 29.3 Å². The van der Waals surface area contributed by atoms with Gasteiger partial charge in [-0.15, -0.1) is 0 Å². The van der Waals surface area contributed by atoms with Crippen LogP contribution in [0.25, 0.3) is 0 Å². The largest absolute Gasteiger partial charge is 0.508 e. The highest BCUT2D eigenvalue weighted by atomic mass is 16.6. The molecule has 0 bridgehead atoms. The van der Waals surface area contributed by atoms with E-state index in [1.807, 2.05) is 13.0 Å². The molecule has 0 aliphatic rings. The van der Waals surface area contributed by atoms with Gasteiger partial charge in [-0.3, -0.25) is 4.79 Å². The number of nitrogens with two attached hydrogens (primary N) is 1. The van der Waals surface area contributed by atoms with Gasteiger partial charge in [0, 0.05) is 6.42 Å². The molecule has 1 rings (SSSR count). The van der Waals surface area contributed by atoms with Crippen LogP contribution >= 0.6 is 0 Å². The summed E-state index contributed by atoms with van der Waals surface area (Å²) in [5.41, 5.74) is 5.95. The van der Waals surface area contributed by atoms with Crippen LogP contribution in [0.3, 0.4) is 0 Å². The molecular weight excluding hydrogens is 242 g/mol. The summed E-state index contributed by atoms with van der Waals surface area (Å²) < 4.78 is 5.30. The number of rotatable bonds is 3. The number of carbonyl (C=O) groups excluding carboxylic acids is 1. The summed E-state index contributed by atoms with van der Waals surface area (Å²) in [5, 5.41) is 9.67. The van der Waals surface area contributed by atoms with Gasteiger partial charge in [0.05, 0.1) is 0 Å². The summed E-state index contributed by atoms with van der Waals surface area (Å²) in [4.78, 5) is 12.0. The van der Waals surface area contributed by atoms with E-state index in [1.165, 1.54) is 0 Å². The van der Waals surface area contributed by atoms with Gasteiger partial charge >= 0.3 is 5.97 Å². The monoisotopic (exact) mass is 265 g/mol. The summed E-state index contributed by atoms with van der Waals surface area (Å²) in [7, 11) is 0. The number of phenols is 1. The van der Waals surface area contributed by atoms with E-state index in [9.17, 15) is 9.90 Å². The van der Waals surface area contributed by atoms with Crippen molar-refractivity contribution in [1.29, 1.82) is 0 Å². The molecule has 0 spiro atoms. The predicted octanol–water partition coefficient (Wildman–Crippen LogP) is 2.30. The van der Waals surface area contributed by atoms with Gasteiger partial charge in [0.2, 0.25) is 0 Å². The molecular formula is C15H23NO3. The first-order valence-corrected chi connectivity index (χ1v) is 6.32. The number of aromatic hydroxyl groups is 1. The molecule has 4 nitrogen and oxygen atoms in total.